The zero-order chi connectivity index (χ0) is 17.0. The summed E-state index contributed by atoms with van der Waals surface area (Å²) in [5.74, 6) is -1.47. The van der Waals surface area contributed by atoms with Gasteiger partial charge in [0, 0.05) is 13.1 Å². The van der Waals surface area contributed by atoms with Crippen LogP contribution in [0.2, 0.25) is 0 Å². The summed E-state index contributed by atoms with van der Waals surface area (Å²) in [7, 11) is -3.74. The lowest BCUT2D eigenvalue weighted by molar-refractivity contribution is -0.136. The van der Waals surface area contributed by atoms with Crippen LogP contribution in [0.25, 0.3) is 0 Å². The van der Waals surface area contributed by atoms with Crippen molar-refractivity contribution in [3.63, 3.8) is 0 Å². The standard InChI is InChI=1S/C15H21FN2O4S.ClH/c1-11-4-5-13(16)7-14(11)23(21,22)18-6-2-3-12(10-18)8-17-9-15(19)20;/h4-5,7,12,17H,2-3,6,8-10H2,1H3,(H,19,20);1H. The Kier molecular flexibility index (Phi) is 7.59. The van der Waals surface area contributed by atoms with E-state index < -0.39 is 21.8 Å². The zero-order valence-electron chi connectivity index (χ0n) is 13.4. The van der Waals surface area contributed by atoms with Crippen molar-refractivity contribution in [2.24, 2.45) is 5.92 Å². The van der Waals surface area contributed by atoms with Crippen LogP contribution in [0.4, 0.5) is 4.39 Å². The summed E-state index contributed by atoms with van der Waals surface area (Å²) in [5.41, 5.74) is 0.512. The van der Waals surface area contributed by atoms with Crippen LogP contribution in [0.1, 0.15) is 18.4 Å². The van der Waals surface area contributed by atoms with Gasteiger partial charge in [-0.1, -0.05) is 6.07 Å². The minimum Gasteiger partial charge on any atom is -0.480 e. The lowest BCUT2D eigenvalue weighted by atomic mass is 10.00. The van der Waals surface area contributed by atoms with Crippen LogP contribution >= 0.6 is 12.4 Å². The Bertz CT molecular complexity index is 684. The lowest BCUT2D eigenvalue weighted by Gasteiger charge is -2.32. The van der Waals surface area contributed by atoms with Crippen LogP contribution < -0.4 is 5.32 Å². The monoisotopic (exact) mass is 380 g/mol. The highest BCUT2D eigenvalue weighted by Gasteiger charge is 2.31. The molecule has 1 aromatic carbocycles. The van der Waals surface area contributed by atoms with E-state index in [1.54, 1.807) is 6.92 Å². The van der Waals surface area contributed by atoms with Gasteiger partial charge in [0.2, 0.25) is 10.0 Å². The van der Waals surface area contributed by atoms with Crippen molar-refractivity contribution < 1.29 is 22.7 Å². The number of aliphatic carboxylic acids is 1. The smallest absolute Gasteiger partial charge is 0.317 e. The van der Waals surface area contributed by atoms with Crippen LogP contribution in [-0.2, 0) is 14.8 Å². The molecule has 1 aromatic rings. The fourth-order valence-electron chi connectivity index (χ4n) is 2.79. The molecular formula is C15H22ClFN2O4S. The number of aryl methyl sites for hydroxylation is 1. The number of sulfonamides is 1. The van der Waals surface area contributed by atoms with Crippen molar-refractivity contribution in [3.05, 3.63) is 29.6 Å². The summed E-state index contributed by atoms with van der Waals surface area (Å²) >= 11 is 0. The van der Waals surface area contributed by atoms with Gasteiger partial charge >= 0.3 is 5.97 Å². The van der Waals surface area contributed by atoms with Crippen LogP contribution in [0.3, 0.4) is 0 Å². The molecule has 0 radical (unpaired) electrons. The molecule has 1 atom stereocenters. The molecule has 0 spiro atoms. The average Bonchev–Trinajstić information content (AvgIpc) is 2.49. The fraction of sp³-hybridized carbons (Fsp3) is 0.533. The lowest BCUT2D eigenvalue weighted by Crippen LogP contribution is -2.43. The summed E-state index contributed by atoms with van der Waals surface area (Å²) in [6, 6.07) is 3.75. The third kappa shape index (κ3) is 5.14. The minimum atomic E-state index is -3.74. The Morgan fingerprint density at radius 3 is 2.83 bits per heavy atom. The van der Waals surface area contributed by atoms with Gasteiger partial charge in [0.25, 0.3) is 0 Å². The predicted octanol–water partition coefficient (Wildman–Crippen LogP) is 1.63. The molecular weight excluding hydrogens is 359 g/mol. The topological polar surface area (TPSA) is 86.7 Å². The van der Waals surface area contributed by atoms with E-state index in [2.05, 4.69) is 5.32 Å². The molecule has 0 aromatic heterocycles. The first-order valence-electron chi connectivity index (χ1n) is 7.49. The maximum Gasteiger partial charge on any atom is 0.317 e. The number of carbonyl (C=O) groups is 1. The van der Waals surface area contributed by atoms with Gasteiger partial charge in [0.15, 0.2) is 0 Å². The SMILES string of the molecule is Cc1ccc(F)cc1S(=O)(=O)N1CCCC(CNCC(=O)O)C1.Cl. The summed E-state index contributed by atoms with van der Waals surface area (Å²) in [4.78, 5) is 10.5. The molecule has 9 heteroatoms. The zero-order valence-corrected chi connectivity index (χ0v) is 15.0. The molecule has 1 aliphatic rings. The molecule has 2 rings (SSSR count). The van der Waals surface area contributed by atoms with Crippen LogP contribution in [0.5, 0.6) is 0 Å². The molecule has 0 aliphatic carbocycles. The van der Waals surface area contributed by atoms with E-state index in [0.29, 0.717) is 31.6 Å². The van der Waals surface area contributed by atoms with Gasteiger partial charge in [-0.15, -0.1) is 12.4 Å². The first-order chi connectivity index (χ1) is 10.8. The van der Waals surface area contributed by atoms with Gasteiger partial charge in [-0.3, -0.25) is 4.79 Å². The normalized spacial score (nSPS) is 18.8. The number of hydrogen-bond acceptors (Lipinski definition) is 4. The van der Waals surface area contributed by atoms with E-state index >= 15 is 0 Å². The molecule has 1 aliphatic heterocycles. The molecule has 1 saturated heterocycles. The maximum atomic E-state index is 13.4. The van der Waals surface area contributed by atoms with E-state index in [1.165, 1.54) is 16.4 Å². The molecule has 136 valence electrons. The Morgan fingerprint density at radius 2 is 2.17 bits per heavy atom. The van der Waals surface area contributed by atoms with Gasteiger partial charge in [-0.2, -0.15) is 4.31 Å². The highest BCUT2D eigenvalue weighted by atomic mass is 35.5. The van der Waals surface area contributed by atoms with Crippen molar-refractivity contribution in [2.75, 3.05) is 26.2 Å². The summed E-state index contributed by atoms with van der Waals surface area (Å²) in [6.07, 6.45) is 1.54. The van der Waals surface area contributed by atoms with E-state index in [9.17, 15) is 17.6 Å². The maximum absolute atomic E-state index is 13.4. The summed E-state index contributed by atoms with van der Waals surface area (Å²) < 4.78 is 40.2. The van der Waals surface area contributed by atoms with Crippen LogP contribution in [0.15, 0.2) is 23.1 Å². The number of halogens is 2. The second-order valence-corrected chi connectivity index (χ2v) is 7.71. The Morgan fingerprint density at radius 1 is 1.46 bits per heavy atom. The van der Waals surface area contributed by atoms with Gasteiger partial charge in [0.05, 0.1) is 11.4 Å². The summed E-state index contributed by atoms with van der Waals surface area (Å²) in [6.45, 7) is 2.65. The Labute approximate surface area is 147 Å². The highest BCUT2D eigenvalue weighted by Crippen LogP contribution is 2.26. The largest absolute Gasteiger partial charge is 0.480 e. The van der Waals surface area contributed by atoms with Gasteiger partial charge in [-0.25, -0.2) is 12.8 Å². The van der Waals surface area contributed by atoms with E-state index in [0.717, 1.165) is 12.5 Å². The van der Waals surface area contributed by atoms with E-state index in [1.807, 2.05) is 0 Å². The quantitative estimate of drug-likeness (QED) is 0.783. The first kappa shape index (κ1) is 20.8. The van der Waals surface area contributed by atoms with Crippen molar-refractivity contribution in [1.29, 1.82) is 0 Å². The molecule has 24 heavy (non-hydrogen) atoms. The van der Waals surface area contributed by atoms with Gasteiger partial charge in [0.1, 0.15) is 5.82 Å². The molecule has 0 bridgehead atoms. The number of nitrogens with one attached hydrogen (secondary N) is 1. The van der Waals surface area contributed by atoms with Crippen molar-refractivity contribution in [3.8, 4) is 0 Å². The van der Waals surface area contributed by atoms with Crippen molar-refractivity contribution in [2.45, 2.75) is 24.7 Å². The number of benzene rings is 1. The number of nitrogens with zero attached hydrogens (tertiary/aromatic N) is 1. The van der Waals surface area contributed by atoms with Gasteiger partial charge < -0.3 is 10.4 Å². The third-order valence-corrected chi connectivity index (χ3v) is 5.97. The molecule has 0 saturated carbocycles. The molecule has 1 unspecified atom stereocenters. The molecule has 1 heterocycles. The Hall–Kier alpha value is -1.22. The number of piperidine rings is 1. The van der Waals surface area contributed by atoms with Crippen molar-refractivity contribution >= 4 is 28.4 Å². The van der Waals surface area contributed by atoms with Crippen molar-refractivity contribution in [1.82, 2.24) is 9.62 Å². The van der Waals surface area contributed by atoms with Crippen LogP contribution in [-0.4, -0.2) is 50.0 Å². The molecule has 1 fully saturated rings. The number of carboxylic acid groups (broad SMARTS) is 1. The number of hydrogen-bond donors (Lipinski definition) is 2. The molecule has 0 amide bonds. The molecule has 6 nitrogen and oxygen atoms in total. The second kappa shape index (κ2) is 8.75. The Balaban J connectivity index is 0.00000288. The van der Waals surface area contributed by atoms with Crippen LogP contribution in [0, 0.1) is 18.7 Å². The molecule has 2 N–H and O–H groups in total. The minimum absolute atomic E-state index is 0. The van der Waals surface area contributed by atoms with Gasteiger partial charge in [-0.05, 0) is 49.9 Å². The fourth-order valence-corrected chi connectivity index (χ4v) is 4.58. The first-order valence-corrected chi connectivity index (χ1v) is 8.93. The number of carboxylic acids is 1. The predicted molar refractivity (Wildman–Crippen MR) is 90.4 cm³/mol. The average molecular weight is 381 g/mol. The number of rotatable bonds is 6. The third-order valence-electron chi connectivity index (χ3n) is 3.96. The second-order valence-electron chi connectivity index (χ2n) is 5.81. The van der Waals surface area contributed by atoms with E-state index in [4.69, 9.17) is 5.11 Å². The summed E-state index contributed by atoms with van der Waals surface area (Å²) in [5, 5.41) is 11.4. The van der Waals surface area contributed by atoms with E-state index in [-0.39, 0.29) is 29.8 Å². The highest BCUT2D eigenvalue weighted by molar-refractivity contribution is 7.89.